The predicted octanol–water partition coefficient (Wildman–Crippen LogP) is 7.51. The van der Waals surface area contributed by atoms with Gasteiger partial charge in [-0.15, -0.1) is 0 Å². The Morgan fingerprint density at radius 2 is 1.46 bits per heavy atom. The molecule has 0 fully saturated rings. The number of esters is 1. The number of halogens is 1. The molecule has 7 nitrogen and oxygen atoms in total. The summed E-state index contributed by atoms with van der Waals surface area (Å²) in [6.45, 7) is 3.59. The van der Waals surface area contributed by atoms with Crippen molar-refractivity contribution < 1.29 is 19.1 Å². The van der Waals surface area contributed by atoms with Gasteiger partial charge in [-0.3, -0.25) is 4.79 Å². The molecule has 0 aliphatic rings. The second kappa shape index (κ2) is 12.2. The summed E-state index contributed by atoms with van der Waals surface area (Å²) >= 11 is 6.18. The zero-order valence-electron chi connectivity index (χ0n) is 22.9. The zero-order chi connectivity index (χ0) is 28.9. The summed E-state index contributed by atoms with van der Waals surface area (Å²) in [5.41, 5.74) is 5.95. The largest absolute Gasteiger partial charge is 0.495 e. The molecule has 206 valence electrons. The normalized spacial score (nSPS) is 11.6. The molecule has 1 heterocycles. The Balaban J connectivity index is 1.43. The van der Waals surface area contributed by atoms with E-state index in [0.717, 1.165) is 22.4 Å². The van der Waals surface area contributed by atoms with Crippen LogP contribution in [0.15, 0.2) is 91.0 Å². The molecule has 0 saturated heterocycles. The minimum Gasteiger partial charge on any atom is -0.495 e. The second-order valence-corrected chi connectivity index (χ2v) is 9.86. The molecule has 0 saturated carbocycles. The number of carbonyl (C=O) groups is 2. The molecule has 0 aliphatic heterocycles. The fourth-order valence-electron chi connectivity index (χ4n) is 4.44. The number of nitrogens with one attached hydrogen (secondary N) is 1. The average Bonchev–Trinajstić information content (AvgIpc) is 3.01. The average molecular weight is 566 g/mol. The highest BCUT2D eigenvalue weighted by Gasteiger charge is 2.24. The molecule has 5 aromatic rings. The van der Waals surface area contributed by atoms with Gasteiger partial charge < -0.3 is 14.8 Å². The molecule has 0 spiro atoms. The highest BCUT2D eigenvalue weighted by Crippen LogP contribution is 2.32. The lowest BCUT2D eigenvalue weighted by Crippen LogP contribution is -2.32. The van der Waals surface area contributed by atoms with Gasteiger partial charge in [0.05, 0.1) is 40.8 Å². The minimum atomic E-state index is -1.02. The van der Waals surface area contributed by atoms with Crippen LogP contribution in [0.4, 0.5) is 5.69 Å². The molecule has 5 rings (SSSR count). The van der Waals surface area contributed by atoms with Crippen molar-refractivity contribution in [3.63, 3.8) is 0 Å². The van der Waals surface area contributed by atoms with Crippen molar-refractivity contribution in [2.75, 3.05) is 12.4 Å². The number of methoxy groups -OCH3 is 1. The third kappa shape index (κ3) is 6.05. The summed E-state index contributed by atoms with van der Waals surface area (Å²) in [7, 11) is 1.49. The topological polar surface area (TPSA) is 90.4 Å². The maximum atomic E-state index is 13.2. The third-order valence-corrected chi connectivity index (χ3v) is 7.05. The molecular weight excluding hydrogens is 538 g/mol. The van der Waals surface area contributed by atoms with Crippen molar-refractivity contribution in [1.82, 2.24) is 9.97 Å². The SMILES string of the molecule is CCC(OC(=O)c1ccc2nc(-c3ccccc3)c(-c3ccccc3)nc2c1)C(=O)Nc1cc(C)c(Cl)cc1OC. The Hall–Kier alpha value is -4.75. The van der Waals surface area contributed by atoms with E-state index in [1.807, 2.05) is 67.6 Å². The van der Waals surface area contributed by atoms with E-state index < -0.39 is 18.0 Å². The van der Waals surface area contributed by atoms with Gasteiger partial charge in [0.1, 0.15) is 5.75 Å². The molecule has 8 heteroatoms. The van der Waals surface area contributed by atoms with Crippen molar-refractivity contribution in [1.29, 1.82) is 0 Å². The number of carbonyl (C=O) groups excluding carboxylic acids is 2. The van der Waals surface area contributed by atoms with Gasteiger partial charge in [-0.25, -0.2) is 14.8 Å². The van der Waals surface area contributed by atoms with Gasteiger partial charge in [0.25, 0.3) is 5.91 Å². The van der Waals surface area contributed by atoms with Crippen molar-refractivity contribution in [3.8, 4) is 28.3 Å². The summed E-state index contributed by atoms with van der Waals surface area (Å²) in [6, 6.07) is 28.0. The molecule has 1 aromatic heterocycles. The Bertz CT molecular complexity index is 1730. The monoisotopic (exact) mass is 565 g/mol. The van der Waals surface area contributed by atoms with Gasteiger partial charge in [-0.2, -0.15) is 0 Å². The molecule has 0 radical (unpaired) electrons. The van der Waals surface area contributed by atoms with Crippen LogP contribution in [-0.2, 0) is 9.53 Å². The molecule has 0 aliphatic carbocycles. The predicted molar refractivity (Wildman–Crippen MR) is 161 cm³/mol. The first kappa shape index (κ1) is 27.8. The van der Waals surface area contributed by atoms with Crippen LogP contribution in [0, 0.1) is 6.92 Å². The number of fused-ring (bicyclic) bond motifs is 1. The Labute approximate surface area is 243 Å². The first-order valence-corrected chi connectivity index (χ1v) is 13.5. The number of hydrogen-bond acceptors (Lipinski definition) is 6. The zero-order valence-corrected chi connectivity index (χ0v) is 23.6. The lowest BCUT2D eigenvalue weighted by molar-refractivity contribution is -0.124. The van der Waals surface area contributed by atoms with E-state index in [1.165, 1.54) is 7.11 Å². The summed E-state index contributed by atoms with van der Waals surface area (Å²) in [5.74, 6) is -0.698. The van der Waals surface area contributed by atoms with Crippen LogP contribution in [0.5, 0.6) is 5.75 Å². The fourth-order valence-corrected chi connectivity index (χ4v) is 4.59. The van der Waals surface area contributed by atoms with E-state index in [1.54, 1.807) is 37.3 Å². The molecule has 1 amide bonds. The van der Waals surface area contributed by atoms with E-state index in [-0.39, 0.29) is 12.0 Å². The van der Waals surface area contributed by atoms with Crippen LogP contribution in [0.2, 0.25) is 5.02 Å². The van der Waals surface area contributed by atoms with E-state index >= 15 is 0 Å². The molecule has 0 bridgehead atoms. The number of benzene rings is 4. The lowest BCUT2D eigenvalue weighted by atomic mass is 10.0. The quantitative estimate of drug-likeness (QED) is 0.196. The van der Waals surface area contributed by atoms with Crippen LogP contribution < -0.4 is 10.1 Å². The van der Waals surface area contributed by atoms with E-state index in [2.05, 4.69) is 5.32 Å². The first-order chi connectivity index (χ1) is 19.9. The van der Waals surface area contributed by atoms with E-state index in [0.29, 0.717) is 33.2 Å². The number of hydrogen-bond donors (Lipinski definition) is 1. The van der Waals surface area contributed by atoms with Gasteiger partial charge in [0.15, 0.2) is 6.10 Å². The van der Waals surface area contributed by atoms with Crippen LogP contribution in [0.25, 0.3) is 33.5 Å². The minimum absolute atomic E-state index is 0.268. The molecule has 1 unspecified atom stereocenters. The van der Waals surface area contributed by atoms with Crippen molar-refractivity contribution in [2.45, 2.75) is 26.4 Å². The van der Waals surface area contributed by atoms with Crippen LogP contribution in [0.3, 0.4) is 0 Å². The number of anilines is 1. The van der Waals surface area contributed by atoms with Gasteiger partial charge in [-0.05, 0) is 43.2 Å². The van der Waals surface area contributed by atoms with Gasteiger partial charge >= 0.3 is 5.97 Å². The first-order valence-electron chi connectivity index (χ1n) is 13.2. The molecule has 1 N–H and O–H groups in total. The third-order valence-electron chi connectivity index (χ3n) is 6.65. The molecule has 41 heavy (non-hydrogen) atoms. The van der Waals surface area contributed by atoms with Crippen molar-refractivity contribution in [3.05, 3.63) is 107 Å². The Morgan fingerprint density at radius 1 is 0.854 bits per heavy atom. The summed E-state index contributed by atoms with van der Waals surface area (Å²) in [6.07, 6.45) is -0.747. The summed E-state index contributed by atoms with van der Waals surface area (Å²) in [4.78, 5) is 36.1. The van der Waals surface area contributed by atoms with Crippen LogP contribution in [0.1, 0.15) is 29.3 Å². The Kier molecular flexibility index (Phi) is 8.26. The van der Waals surface area contributed by atoms with Crippen LogP contribution in [-0.4, -0.2) is 35.1 Å². The number of nitrogens with zero attached hydrogens (tertiary/aromatic N) is 2. The maximum Gasteiger partial charge on any atom is 0.338 e. The molecule has 1 atom stereocenters. The van der Waals surface area contributed by atoms with Gasteiger partial charge in [0.2, 0.25) is 0 Å². The smallest absolute Gasteiger partial charge is 0.338 e. The van der Waals surface area contributed by atoms with Gasteiger partial charge in [0, 0.05) is 22.2 Å². The molecule has 4 aromatic carbocycles. The van der Waals surface area contributed by atoms with Crippen LogP contribution >= 0.6 is 11.6 Å². The number of amides is 1. The second-order valence-electron chi connectivity index (χ2n) is 9.45. The summed E-state index contributed by atoms with van der Waals surface area (Å²) in [5, 5.41) is 3.31. The fraction of sp³-hybridized carbons (Fsp3) is 0.152. The standard InChI is InChI=1S/C33H28ClN3O4/c1-4-28(32(38)37-27-17-20(2)24(34)19-29(27)40-3)41-33(39)23-15-16-25-26(18-23)36-31(22-13-9-6-10-14-22)30(35-25)21-11-7-5-8-12-21/h5-19,28H,4H2,1-3H3,(H,37,38). The number of aromatic nitrogens is 2. The lowest BCUT2D eigenvalue weighted by Gasteiger charge is -2.18. The number of rotatable bonds is 8. The Morgan fingerprint density at radius 3 is 2.05 bits per heavy atom. The van der Waals surface area contributed by atoms with Gasteiger partial charge in [-0.1, -0.05) is 79.2 Å². The number of aryl methyl sites for hydroxylation is 1. The van der Waals surface area contributed by atoms with E-state index in [9.17, 15) is 9.59 Å². The molecular formula is C33H28ClN3O4. The number of ether oxygens (including phenoxy) is 2. The van der Waals surface area contributed by atoms with Crippen molar-refractivity contribution >= 4 is 40.2 Å². The summed E-state index contributed by atoms with van der Waals surface area (Å²) < 4.78 is 11.0. The maximum absolute atomic E-state index is 13.2. The highest BCUT2D eigenvalue weighted by molar-refractivity contribution is 6.31. The van der Waals surface area contributed by atoms with Crippen molar-refractivity contribution in [2.24, 2.45) is 0 Å². The highest BCUT2D eigenvalue weighted by atomic mass is 35.5. The van der Waals surface area contributed by atoms with E-state index in [4.69, 9.17) is 31.0 Å².